The normalized spacial score (nSPS) is 22.6. The molecule has 7 nitrogen and oxygen atoms in total. The third-order valence-corrected chi connectivity index (χ3v) is 4.91. The molecule has 3 atom stereocenters. The van der Waals surface area contributed by atoms with E-state index in [1.807, 2.05) is 13.8 Å². The summed E-state index contributed by atoms with van der Waals surface area (Å²) in [5.74, 6) is -1.24. The lowest BCUT2D eigenvalue weighted by molar-refractivity contribution is -0.130. The molecule has 1 aliphatic heterocycles. The quantitative estimate of drug-likeness (QED) is 0.683. The van der Waals surface area contributed by atoms with Crippen molar-refractivity contribution in [1.29, 1.82) is 0 Å². The molecule has 1 saturated heterocycles. The lowest BCUT2D eigenvalue weighted by Crippen LogP contribution is -2.60. The first kappa shape index (κ1) is 22.7. The fraction of sp³-hybridized carbons (Fsp3) is 0.550. The van der Waals surface area contributed by atoms with Crippen LogP contribution in [0.15, 0.2) is 24.3 Å². The van der Waals surface area contributed by atoms with Crippen LogP contribution in [-0.4, -0.2) is 48.5 Å². The molecule has 2 N–H and O–H groups in total. The van der Waals surface area contributed by atoms with Gasteiger partial charge < -0.3 is 20.1 Å². The number of ether oxygens (including phenoxy) is 2. The lowest BCUT2D eigenvalue weighted by Gasteiger charge is -2.30. The Morgan fingerprint density at radius 3 is 2.38 bits per heavy atom. The maximum Gasteiger partial charge on any atom is 0.387 e. The van der Waals surface area contributed by atoms with Crippen LogP contribution in [0.25, 0.3) is 0 Å². The van der Waals surface area contributed by atoms with Crippen LogP contribution >= 0.6 is 0 Å². The summed E-state index contributed by atoms with van der Waals surface area (Å²) in [7, 11) is 0. The van der Waals surface area contributed by atoms with Crippen LogP contribution in [0.1, 0.15) is 44.5 Å². The Morgan fingerprint density at radius 2 is 1.90 bits per heavy atom. The summed E-state index contributed by atoms with van der Waals surface area (Å²) < 4.78 is 34.0. The van der Waals surface area contributed by atoms with Gasteiger partial charge in [-0.05, 0) is 50.5 Å². The number of hydrogen-bond acceptors (Lipinski definition) is 5. The molecule has 0 aromatic heterocycles. The Labute approximate surface area is 168 Å². The van der Waals surface area contributed by atoms with Crippen LogP contribution in [-0.2, 0) is 14.3 Å². The van der Waals surface area contributed by atoms with Crippen LogP contribution in [0.5, 0.6) is 5.75 Å². The van der Waals surface area contributed by atoms with E-state index in [4.69, 9.17) is 4.74 Å². The zero-order valence-corrected chi connectivity index (χ0v) is 16.8. The molecule has 1 heterocycles. The topological polar surface area (TPSA) is 93.7 Å². The van der Waals surface area contributed by atoms with E-state index >= 15 is 0 Å². The van der Waals surface area contributed by atoms with Gasteiger partial charge in [-0.15, -0.1) is 0 Å². The number of Topliss-reactive ketones (excluding diaryl/α,β-unsaturated/α-hetero) is 1. The van der Waals surface area contributed by atoms with Gasteiger partial charge in [-0.1, -0.05) is 13.8 Å². The summed E-state index contributed by atoms with van der Waals surface area (Å²) >= 11 is 0. The lowest BCUT2D eigenvalue weighted by atomic mass is 9.92. The Balaban J connectivity index is 2.10. The van der Waals surface area contributed by atoms with E-state index in [-0.39, 0.29) is 29.6 Å². The number of benzene rings is 1. The summed E-state index contributed by atoms with van der Waals surface area (Å²) in [6, 6.07) is 4.27. The summed E-state index contributed by atoms with van der Waals surface area (Å²) in [5, 5.41) is 5.37. The largest absolute Gasteiger partial charge is 0.435 e. The minimum atomic E-state index is -2.96. The molecular formula is C20H26F2N2O5. The monoisotopic (exact) mass is 412 g/mol. The molecule has 0 radical (unpaired) electrons. The molecule has 2 rings (SSSR count). The molecule has 2 amide bonds. The standard InChI is InChI=1S/C20H26F2N2O5/c1-11(2)9-15(18(27)24-20(4)12(3)28-10-16(20)25)23-17(26)13-5-7-14(8-6-13)29-19(21)22/h5-8,11-12,15,19H,9-10H2,1-4H3,(H,23,26)(H,24,27). The fourth-order valence-corrected chi connectivity index (χ4v) is 2.99. The van der Waals surface area contributed by atoms with Gasteiger partial charge in [0.05, 0.1) is 6.10 Å². The van der Waals surface area contributed by atoms with Crippen LogP contribution in [0.2, 0.25) is 0 Å². The van der Waals surface area contributed by atoms with E-state index in [0.717, 1.165) is 0 Å². The van der Waals surface area contributed by atoms with Crippen molar-refractivity contribution in [2.45, 2.75) is 58.4 Å². The minimum absolute atomic E-state index is 0.0744. The van der Waals surface area contributed by atoms with Gasteiger partial charge in [0.1, 0.15) is 23.9 Å². The predicted octanol–water partition coefficient (Wildman–Crippen LogP) is 2.30. The maximum absolute atomic E-state index is 12.8. The van der Waals surface area contributed by atoms with Crippen LogP contribution in [0, 0.1) is 5.92 Å². The second kappa shape index (κ2) is 9.30. The Bertz CT molecular complexity index is 754. The van der Waals surface area contributed by atoms with Crippen molar-refractivity contribution in [3.63, 3.8) is 0 Å². The molecule has 1 aliphatic rings. The number of alkyl halides is 2. The summed E-state index contributed by atoms with van der Waals surface area (Å²) in [6.45, 7) is 4.06. The molecule has 0 aliphatic carbocycles. The van der Waals surface area contributed by atoms with Gasteiger partial charge >= 0.3 is 6.61 Å². The van der Waals surface area contributed by atoms with Gasteiger partial charge in [0.2, 0.25) is 5.91 Å². The second-order valence-electron chi connectivity index (χ2n) is 7.63. The van der Waals surface area contributed by atoms with Gasteiger partial charge in [0.15, 0.2) is 5.78 Å². The van der Waals surface area contributed by atoms with E-state index < -0.39 is 36.1 Å². The molecule has 160 valence electrons. The molecular weight excluding hydrogens is 386 g/mol. The van der Waals surface area contributed by atoms with Crippen molar-refractivity contribution in [1.82, 2.24) is 10.6 Å². The van der Waals surface area contributed by atoms with Gasteiger partial charge in [-0.2, -0.15) is 8.78 Å². The van der Waals surface area contributed by atoms with Crippen molar-refractivity contribution in [2.75, 3.05) is 6.61 Å². The summed E-state index contributed by atoms with van der Waals surface area (Å²) in [5.41, 5.74) is -0.973. The number of halogens is 2. The molecule has 1 fully saturated rings. The SMILES string of the molecule is CC(C)CC(NC(=O)c1ccc(OC(F)F)cc1)C(=O)NC1(C)C(=O)COC1C. The highest BCUT2D eigenvalue weighted by molar-refractivity contribution is 6.00. The van der Waals surface area contributed by atoms with E-state index in [1.54, 1.807) is 13.8 Å². The zero-order chi connectivity index (χ0) is 21.8. The molecule has 3 unspecified atom stereocenters. The number of carbonyl (C=O) groups is 3. The van der Waals surface area contributed by atoms with Crippen molar-refractivity contribution in [3.8, 4) is 5.75 Å². The molecule has 9 heteroatoms. The minimum Gasteiger partial charge on any atom is -0.435 e. The molecule has 0 spiro atoms. The van der Waals surface area contributed by atoms with E-state index in [9.17, 15) is 23.2 Å². The van der Waals surface area contributed by atoms with Crippen LogP contribution in [0.3, 0.4) is 0 Å². The van der Waals surface area contributed by atoms with E-state index in [0.29, 0.717) is 6.42 Å². The van der Waals surface area contributed by atoms with Gasteiger partial charge in [0.25, 0.3) is 5.91 Å². The summed E-state index contributed by atoms with van der Waals surface area (Å²) in [6.07, 6.45) is -0.138. The Morgan fingerprint density at radius 1 is 1.28 bits per heavy atom. The molecule has 0 bridgehead atoms. The van der Waals surface area contributed by atoms with E-state index in [1.165, 1.54) is 24.3 Å². The number of nitrogens with one attached hydrogen (secondary N) is 2. The van der Waals surface area contributed by atoms with Crippen molar-refractivity contribution in [3.05, 3.63) is 29.8 Å². The first-order valence-electron chi connectivity index (χ1n) is 9.35. The average Bonchev–Trinajstić information content (AvgIpc) is 2.88. The highest BCUT2D eigenvalue weighted by Crippen LogP contribution is 2.23. The third-order valence-electron chi connectivity index (χ3n) is 4.91. The number of hydrogen-bond donors (Lipinski definition) is 2. The Kier molecular flexibility index (Phi) is 7.29. The molecule has 1 aromatic carbocycles. The number of rotatable bonds is 8. The van der Waals surface area contributed by atoms with Gasteiger partial charge in [0, 0.05) is 5.56 Å². The maximum atomic E-state index is 12.8. The molecule has 0 saturated carbocycles. The average molecular weight is 412 g/mol. The second-order valence-corrected chi connectivity index (χ2v) is 7.63. The first-order chi connectivity index (χ1) is 13.5. The first-order valence-corrected chi connectivity index (χ1v) is 9.35. The number of ketones is 1. The van der Waals surface area contributed by atoms with Crippen molar-refractivity contribution >= 4 is 17.6 Å². The third kappa shape index (κ3) is 5.72. The zero-order valence-electron chi connectivity index (χ0n) is 16.8. The van der Waals surface area contributed by atoms with E-state index in [2.05, 4.69) is 15.4 Å². The highest BCUT2D eigenvalue weighted by atomic mass is 19.3. The molecule has 1 aromatic rings. The highest BCUT2D eigenvalue weighted by Gasteiger charge is 2.47. The van der Waals surface area contributed by atoms with Crippen molar-refractivity contribution < 1.29 is 32.6 Å². The molecule has 29 heavy (non-hydrogen) atoms. The smallest absolute Gasteiger partial charge is 0.387 e. The van der Waals surface area contributed by atoms with Gasteiger partial charge in [-0.3, -0.25) is 14.4 Å². The fourth-order valence-electron chi connectivity index (χ4n) is 2.99. The van der Waals surface area contributed by atoms with Crippen LogP contribution < -0.4 is 15.4 Å². The number of amides is 2. The summed E-state index contributed by atoms with van der Waals surface area (Å²) in [4.78, 5) is 37.5. The predicted molar refractivity (Wildman–Crippen MR) is 101 cm³/mol. The Hall–Kier alpha value is -2.55. The van der Waals surface area contributed by atoms with Gasteiger partial charge in [-0.25, -0.2) is 0 Å². The van der Waals surface area contributed by atoms with Crippen molar-refractivity contribution in [2.24, 2.45) is 5.92 Å². The number of carbonyl (C=O) groups excluding carboxylic acids is 3. The van der Waals surface area contributed by atoms with Crippen LogP contribution in [0.4, 0.5) is 8.78 Å².